The van der Waals surface area contributed by atoms with Crippen molar-refractivity contribution in [3.63, 3.8) is 0 Å². The maximum Gasteiger partial charge on any atom is 0.258 e. The van der Waals surface area contributed by atoms with Crippen LogP contribution in [0.15, 0.2) is 53.3 Å². The van der Waals surface area contributed by atoms with Crippen molar-refractivity contribution < 1.29 is 28.3 Å². The number of nitrogens with zero attached hydrogens (tertiary/aromatic N) is 4. The van der Waals surface area contributed by atoms with E-state index < -0.39 is 0 Å². The molecule has 1 fully saturated rings. The Morgan fingerprint density at radius 2 is 2.17 bits per heavy atom. The van der Waals surface area contributed by atoms with Gasteiger partial charge in [0.2, 0.25) is 0 Å². The van der Waals surface area contributed by atoms with Gasteiger partial charge in [0.25, 0.3) is 17.7 Å². The molecule has 0 aliphatic carbocycles. The standard InChI is InChI=1S/C28H28N6O6/c1-37-21-5-4-18-14-23(21)39-16-25(35)31-15-17-11-19(13-20(12-17)34-9-8-29-26(18)34)27(36)30-7-6-24-32-28(40-33-24)22-3-2-10-38-22/h4-5,8-9,11-14,22H,2-3,6-7,10,15-16H2,1H3,(H,30,36)(H,31,35). The highest BCUT2D eigenvalue weighted by Gasteiger charge is 2.24. The summed E-state index contributed by atoms with van der Waals surface area (Å²) in [5.41, 5.74) is 2.68. The molecule has 2 aliphatic heterocycles. The van der Waals surface area contributed by atoms with Gasteiger partial charge in [-0.25, -0.2) is 4.98 Å². The molecule has 0 saturated carbocycles. The number of hydrogen-bond donors (Lipinski definition) is 2. The quantitative estimate of drug-likeness (QED) is 0.375. The molecule has 2 N–H and O–H groups in total. The molecule has 12 heteroatoms. The first-order chi connectivity index (χ1) is 19.6. The van der Waals surface area contributed by atoms with E-state index in [1.807, 2.05) is 22.9 Å². The van der Waals surface area contributed by atoms with Gasteiger partial charge in [0.1, 0.15) is 11.9 Å². The lowest BCUT2D eigenvalue weighted by Crippen LogP contribution is -2.29. The molecule has 4 bridgehead atoms. The van der Waals surface area contributed by atoms with Gasteiger partial charge in [0.15, 0.2) is 23.9 Å². The van der Waals surface area contributed by atoms with Crippen LogP contribution in [0.1, 0.15) is 46.6 Å². The zero-order valence-electron chi connectivity index (χ0n) is 21.9. The van der Waals surface area contributed by atoms with Gasteiger partial charge in [-0.2, -0.15) is 4.98 Å². The highest BCUT2D eigenvalue weighted by atomic mass is 16.5. The van der Waals surface area contributed by atoms with Crippen LogP contribution in [0.5, 0.6) is 11.5 Å². The van der Waals surface area contributed by atoms with Crippen LogP contribution in [-0.2, 0) is 22.5 Å². The number of rotatable bonds is 6. The van der Waals surface area contributed by atoms with Crippen molar-refractivity contribution in [3.05, 3.63) is 71.6 Å². The van der Waals surface area contributed by atoms with Crippen LogP contribution in [0.3, 0.4) is 0 Å². The summed E-state index contributed by atoms with van der Waals surface area (Å²) in [6, 6.07) is 10.9. The maximum atomic E-state index is 13.2. The normalized spacial score (nSPS) is 16.5. The molecule has 0 radical (unpaired) electrons. The Kier molecular flexibility index (Phi) is 7.15. The van der Waals surface area contributed by atoms with E-state index in [-0.39, 0.29) is 31.1 Å². The predicted octanol–water partition coefficient (Wildman–Crippen LogP) is 2.76. The molecule has 1 atom stereocenters. The minimum absolute atomic E-state index is 0.147. The number of carbonyl (C=O) groups excluding carboxylic acids is 2. The summed E-state index contributed by atoms with van der Waals surface area (Å²) < 4.78 is 24.0. The van der Waals surface area contributed by atoms with Gasteiger partial charge < -0.3 is 29.4 Å². The summed E-state index contributed by atoms with van der Waals surface area (Å²) in [5.74, 6) is 2.01. The van der Waals surface area contributed by atoms with Gasteiger partial charge in [-0.1, -0.05) is 5.16 Å². The van der Waals surface area contributed by atoms with Crippen LogP contribution in [0.4, 0.5) is 0 Å². The molecular formula is C28H28N6O6. The fourth-order valence-electron chi connectivity index (χ4n) is 4.76. The van der Waals surface area contributed by atoms with Crippen LogP contribution in [0.2, 0.25) is 0 Å². The Balaban J connectivity index is 1.24. The number of hydrogen-bond acceptors (Lipinski definition) is 9. The van der Waals surface area contributed by atoms with Crippen molar-refractivity contribution in [2.45, 2.75) is 31.9 Å². The fourth-order valence-corrected chi connectivity index (χ4v) is 4.76. The van der Waals surface area contributed by atoms with Gasteiger partial charge in [0.05, 0.1) is 7.11 Å². The first-order valence-corrected chi connectivity index (χ1v) is 13.1. The van der Waals surface area contributed by atoms with Crippen molar-refractivity contribution in [1.29, 1.82) is 0 Å². The molecule has 1 saturated heterocycles. The molecule has 2 aromatic carbocycles. The maximum absolute atomic E-state index is 13.2. The molecule has 2 aromatic heterocycles. The van der Waals surface area contributed by atoms with Crippen LogP contribution < -0.4 is 20.1 Å². The highest BCUT2D eigenvalue weighted by Crippen LogP contribution is 2.33. The fraction of sp³-hybridized carbons (Fsp3) is 0.321. The molecule has 0 spiro atoms. The monoisotopic (exact) mass is 544 g/mol. The number of ether oxygens (including phenoxy) is 3. The molecule has 2 amide bonds. The van der Waals surface area contributed by atoms with Crippen molar-refractivity contribution in [2.75, 3.05) is 26.9 Å². The van der Waals surface area contributed by atoms with E-state index in [0.717, 1.165) is 29.7 Å². The summed E-state index contributed by atoms with van der Waals surface area (Å²) in [6.07, 6.45) is 5.61. The second-order valence-corrected chi connectivity index (χ2v) is 9.50. The number of amides is 2. The second kappa shape index (κ2) is 11.2. The highest BCUT2D eigenvalue weighted by molar-refractivity contribution is 5.95. The molecule has 12 nitrogen and oxygen atoms in total. The number of imidazole rings is 1. The first-order valence-electron chi connectivity index (χ1n) is 13.1. The third kappa shape index (κ3) is 5.38. The molecule has 4 aromatic rings. The summed E-state index contributed by atoms with van der Waals surface area (Å²) in [5, 5.41) is 9.79. The van der Waals surface area contributed by atoms with Gasteiger partial charge in [-0.3, -0.25) is 14.2 Å². The molecule has 206 valence electrons. The average Bonchev–Trinajstić information content (AvgIpc) is 3.76. The van der Waals surface area contributed by atoms with Gasteiger partial charge in [-0.05, 0) is 54.8 Å². The van der Waals surface area contributed by atoms with Crippen LogP contribution >= 0.6 is 0 Å². The summed E-state index contributed by atoms with van der Waals surface area (Å²) in [7, 11) is 1.54. The number of aromatic nitrogens is 4. The van der Waals surface area contributed by atoms with Crippen LogP contribution in [0.25, 0.3) is 17.1 Å². The van der Waals surface area contributed by atoms with Crippen molar-refractivity contribution >= 4 is 11.8 Å². The zero-order valence-corrected chi connectivity index (χ0v) is 21.9. The largest absolute Gasteiger partial charge is 0.493 e. The average molecular weight is 545 g/mol. The zero-order chi connectivity index (χ0) is 27.5. The van der Waals surface area contributed by atoms with E-state index in [9.17, 15) is 9.59 Å². The van der Waals surface area contributed by atoms with E-state index >= 15 is 0 Å². The molecule has 2 aliphatic rings. The van der Waals surface area contributed by atoms with E-state index in [1.165, 1.54) is 0 Å². The summed E-state index contributed by atoms with van der Waals surface area (Å²) in [6.45, 7) is 1.04. The second-order valence-electron chi connectivity index (χ2n) is 9.50. The number of nitrogens with one attached hydrogen (secondary N) is 2. The van der Waals surface area contributed by atoms with Gasteiger partial charge in [0, 0.05) is 55.3 Å². The first kappa shape index (κ1) is 25.6. The minimum Gasteiger partial charge on any atom is -0.493 e. The molecule has 6 rings (SSSR count). The SMILES string of the molecule is COc1ccc2cc1OCC(=O)NCc1cc(C(=O)NCCc3noc(C4CCCO4)n3)cc(c1)-n1ccnc1-2. The van der Waals surface area contributed by atoms with E-state index in [0.29, 0.717) is 54.2 Å². The number of carbonyl (C=O) groups is 2. The number of methoxy groups -OCH3 is 1. The van der Waals surface area contributed by atoms with Gasteiger partial charge in [-0.15, -0.1) is 0 Å². The summed E-state index contributed by atoms with van der Waals surface area (Å²) >= 11 is 0. The molecular weight excluding hydrogens is 516 g/mol. The Hall–Kier alpha value is -4.71. The van der Waals surface area contributed by atoms with Crippen molar-refractivity contribution in [3.8, 4) is 28.6 Å². The number of benzene rings is 2. The van der Waals surface area contributed by atoms with Gasteiger partial charge >= 0.3 is 0 Å². The Bertz CT molecular complexity index is 1540. The minimum atomic E-state index is -0.302. The predicted molar refractivity (Wildman–Crippen MR) is 141 cm³/mol. The van der Waals surface area contributed by atoms with E-state index in [4.69, 9.17) is 18.7 Å². The molecule has 1 unspecified atom stereocenters. The van der Waals surface area contributed by atoms with Crippen molar-refractivity contribution in [1.82, 2.24) is 30.3 Å². The van der Waals surface area contributed by atoms with Crippen molar-refractivity contribution in [2.24, 2.45) is 0 Å². The van der Waals surface area contributed by atoms with E-state index in [2.05, 4.69) is 25.8 Å². The van der Waals surface area contributed by atoms with E-state index in [1.54, 1.807) is 37.6 Å². The third-order valence-corrected chi connectivity index (χ3v) is 6.75. The Morgan fingerprint density at radius 3 is 3.02 bits per heavy atom. The lowest BCUT2D eigenvalue weighted by Gasteiger charge is -2.13. The molecule has 4 heterocycles. The Labute approximate surface area is 229 Å². The van der Waals surface area contributed by atoms with Crippen LogP contribution in [-0.4, -0.2) is 58.4 Å². The lowest BCUT2D eigenvalue weighted by atomic mass is 10.1. The smallest absolute Gasteiger partial charge is 0.258 e. The lowest BCUT2D eigenvalue weighted by molar-refractivity contribution is -0.123. The topological polar surface area (TPSA) is 143 Å². The third-order valence-electron chi connectivity index (χ3n) is 6.75. The Morgan fingerprint density at radius 1 is 1.25 bits per heavy atom. The summed E-state index contributed by atoms with van der Waals surface area (Å²) in [4.78, 5) is 34.7. The number of fused-ring (bicyclic) bond motifs is 7. The molecule has 40 heavy (non-hydrogen) atoms. The van der Waals surface area contributed by atoms with Crippen LogP contribution in [0, 0.1) is 0 Å².